The van der Waals surface area contributed by atoms with Gasteiger partial charge in [0.05, 0.1) is 0 Å². The first kappa shape index (κ1) is 14.3. The number of unbranched alkanes of at least 4 members (excludes halogenated alkanes) is 1. The second kappa shape index (κ2) is 6.90. The summed E-state index contributed by atoms with van der Waals surface area (Å²) in [6.45, 7) is 4.07. The van der Waals surface area contributed by atoms with Crippen molar-refractivity contribution in [1.29, 1.82) is 0 Å². The van der Waals surface area contributed by atoms with Crippen LogP contribution < -0.4 is 10.1 Å². The molecule has 3 rings (SSSR count). The molecule has 1 fully saturated rings. The van der Waals surface area contributed by atoms with Gasteiger partial charge in [0, 0.05) is 24.7 Å². The van der Waals surface area contributed by atoms with Crippen molar-refractivity contribution in [2.24, 2.45) is 0 Å². The van der Waals surface area contributed by atoms with E-state index in [-0.39, 0.29) is 6.10 Å². The third-order valence-corrected chi connectivity index (χ3v) is 4.06. The number of ether oxygens (including phenoxy) is 1. The zero-order chi connectivity index (χ0) is 14.5. The van der Waals surface area contributed by atoms with Crippen molar-refractivity contribution >= 4 is 10.9 Å². The summed E-state index contributed by atoms with van der Waals surface area (Å²) in [5.41, 5.74) is 2.34. The van der Waals surface area contributed by atoms with E-state index < -0.39 is 0 Å². The van der Waals surface area contributed by atoms with Gasteiger partial charge in [-0.05, 0) is 49.4 Å². The molecule has 3 heteroatoms. The van der Waals surface area contributed by atoms with Crippen molar-refractivity contribution in [3.05, 3.63) is 36.0 Å². The lowest BCUT2D eigenvalue weighted by atomic mass is 10.0. The van der Waals surface area contributed by atoms with E-state index in [9.17, 15) is 0 Å². The molecule has 1 aliphatic heterocycles. The highest BCUT2D eigenvalue weighted by Gasteiger charge is 2.17. The molecule has 2 aromatic rings. The largest absolute Gasteiger partial charge is 0.488 e. The summed E-state index contributed by atoms with van der Waals surface area (Å²) in [7, 11) is 0. The Labute approximate surface area is 126 Å². The third-order valence-electron chi connectivity index (χ3n) is 4.06. The monoisotopic (exact) mass is 283 g/mol. The van der Waals surface area contributed by atoms with Gasteiger partial charge in [-0.15, -0.1) is 0 Å². The van der Waals surface area contributed by atoms with Crippen LogP contribution in [0.3, 0.4) is 0 Å². The molecule has 1 radical (unpaired) electrons. The zero-order valence-corrected chi connectivity index (χ0v) is 12.7. The minimum atomic E-state index is 0.286. The molecule has 3 nitrogen and oxygen atoms in total. The molecule has 0 aliphatic carbocycles. The number of aromatic nitrogens is 1. The molecule has 0 N–H and O–H groups in total. The van der Waals surface area contributed by atoms with Crippen LogP contribution in [0.15, 0.2) is 30.5 Å². The summed E-state index contributed by atoms with van der Waals surface area (Å²) in [4.78, 5) is 4.52. The van der Waals surface area contributed by atoms with Crippen molar-refractivity contribution < 1.29 is 4.74 Å². The van der Waals surface area contributed by atoms with E-state index in [1.807, 2.05) is 12.3 Å². The second-order valence-electron chi connectivity index (χ2n) is 5.76. The maximum Gasteiger partial charge on any atom is 0.146 e. The van der Waals surface area contributed by atoms with E-state index in [2.05, 4.69) is 35.4 Å². The Morgan fingerprint density at radius 3 is 2.90 bits per heavy atom. The number of nitrogens with zero attached hydrogens (tertiary/aromatic N) is 2. The Kier molecular flexibility index (Phi) is 4.71. The first-order valence-corrected chi connectivity index (χ1v) is 8.04. The first-order chi connectivity index (χ1) is 10.4. The minimum Gasteiger partial charge on any atom is -0.488 e. The van der Waals surface area contributed by atoms with Gasteiger partial charge >= 0.3 is 0 Å². The van der Waals surface area contributed by atoms with Crippen molar-refractivity contribution in [3.63, 3.8) is 0 Å². The van der Waals surface area contributed by atoms with Gasteiger partial charge < -0.3 is 4.74 Å². The maximum absolute atomic E-state index is 6.27. The summed E-state index contributed by atoms with van der Waals surface area (Å²) < 4.78 is 6.27. The molecular weight excluding hydrogens is 260 g/mol. The van der Waals surface area contributed by atoms with E-state index in [1.165, 1.54) is 23.8 Å². The van der Waals surface area contributed by atoms with E-state index in [1.54, 1.807) is 0 Å². The predicted molar refractivity (Wildman–Crippen MR) is 85.9 cm³/mol. The molecule has 1 aromatic carbocycles. The number of rotatable bonds is 5. The summed E-state index contributed by atoms with van der Waals surface area (Å²) in [6.07, 6.45) is 7.71. The molecule has 0 saturated carbocycles. The van der Waals surface area contributed by atoms with Crippen LogP contribution >= 0.6 is 0 Å². The molecular formula is C18H23N2O. The Bertz CT molecular complexity index is 591. The number of hydrogen-bond donors (Lipinski definition) is 0. The lowest BCUT2D eigenvalue weighted by Crippen LogP contribution is -2.30. The van der Waals surface area contributed by atoms with Gasteiger partial charge in [-0.3, -0.25) is 4.98 Å². The van der Waals surface area contributed by atoms with E-state index >= 15 is 0 Å². The summed E-state index contributed by atoms with van der Waals surface area (Å²) >= 11 is 0. The number of aryl methyl sites for hydroxylation is 1. The number of pyridine rings is 1. The van der Waals surface area contributed by atoms with Crippen LogP contribution in [-0.2, 0) is 6.42 Å². The number of hydrogen-bond acceptors (Lipinski definition) is 2. The molecule has 0 bridgehead atoms. The van der Waals surface area contributed by atoms with Crippen LogP contribution in [-0.4, -0.2) is 24.2 Å². The lowest BCUT2D eigenvalue weighted by molar-refractivity contribution is 0.163. The normalized spacial score (nSPS) is 16.2. The molecule has 0 spiro atoms. The number of piperidine rings is 1. The average molecular weight is 283 g/mol. The quantitative estimate of drug-likeness (QED) is 0.838. The Morgan fingerprint density at radius 1 is 1.24 bits per heavy atom. The van der Waals surface area contributed by atoms with Crippen LogP contribution in [0.1, 0.15) is 38.2 Å². The lowest BCUT2D eigenvalue weighted by Gasteiger charge is -2.23. The predicted octanol–water partition coefficient (Wildman–Crippen LogP) is 3.72. The molecule has 0 amide bonds. The summed E-state index contributed by atoms with van der Waals surface area (Å²) in [5, 5.41) is 5.58. The van der Waals surface area contributed by atoms with Gasteiger partial charge in [0.25, 0.3) is 0 Å². The van der Waals surface area contributed by atoms with Gasteiger partial charge in [-0.2, -0.15) is 0 Å². The SMILES string of the molecule is CCCCc1cc(OC2CC[N]CC2)c2ncccc2c1. The molecule has 111 valence electrons. The molecule has 0 unspecified atom stereocenters. The third kappa shape index (κ3) is 3.53. The van der Waals surface area contributed by atoms with Gasteiger partial charge in [0.1, 0.15) is 17.4 Å². The number of benzene rings is 1. The highest BCUT2D eigenvalue weighted by atomic mass is 16.5. The van der Waals surface area contributed by atoms with Gasteiger partial charge in [0.15, 0.2) is 0 Å². The Balaban J connectivity index is 1.89. The maximum atomic E-state index is 6.27. The average Bonchev–Trinajstić information content (AvgIpc) is 2.54. The zero-order valence-electron chi connectivity index (χ0n) is 12.7. The fourth-order valence-corrected chi connectivity index (χ4v) is 2.86. The highest BCUT2D eigenvalue weighted by Crippen LogP contribution is 2.28. The van der Waals surface area contributed by atoms with Crippen LogP contribution in [0.25, 0.3) is 10.9 Å². The van der Waals surface area contributed by atoms with Crippen molar-refractivity contribution in [2.75, 3.05) is 13.1 Å². The number of fused-ring (bicyclic) bond motifs is 1. The Hall–Kier alpha value is -1.61. The van der Waals surface area contributed by atoms with Crippen LogP contribution in [0, 0.1) is 0 Å². The standard InChI is InChI=1S/C18H23N2O/c1-2-3-5-14-12-15-6-4-9-20-18(15)17(13-14)21-16-7-10-19-11-8-16/h4,6,9,12-13,16H,2-3,5,7-8,10-11H2,1H3. The van der Waals surface area contributed by atoms with Crippen LogP contribution in [0.4, 0.5) is 0 Å². The smallest absolute Gasteiger partial charge is 0.146 e. The first-order valence-electron chi connectivity index (χ1n) is 8.04. The summed E-state index contributed by atoms with van der Waals surface area (Å²) in [5.74, 6) is 0.950. The van der Waals surface area contributed by atoms with E-state index in [0.29, 0.717) is 0 Å². The molecule has 21 heavy (non-hydrogen) atoms. The second-order valence-corrected chi connectivity index (χ2v) is 5.76. The van der Waals surface area contributed by atoms with E-state index in [0.717, 1.165) is 43.6 Å². The van der Waals surface area contributed by atoms with Crippen molar-refractivity contribution in [1.82, 2.24) is 10.3 Å². The van der Waals surface area contributed by atoms with Gasteiger partial charge in [-0.25, -0.2) is 5.32 Å². The molecule has 2 heterocycles. The molecule has 0 atom stereocenters. The van der Waals surface area contributed by atoms with Crippen LogP contribution in [0.5, 0.6) is 5.75 Å². The fraction of sp³-hybridized carbons (Fsp3) is 0.500. The molecule has 1 aliphatic rings. The fourth-order valence-electron chi connectivity index (χ4n) is 2.86. The summed E-state index contributed by atoms with van der Waals surface area (Å²) in [6, 6.07) is 8.56. The van der Waals surface area contributed by atoms with Gasteiger partial charge in [0.2, 0.25) is 0 Å². The molecule has 1 aromatic heterocycles. The van der Waals surface area contributed by atoms with Crippen molar-refractivity contribution in [2.45, 2.75) is 45.1 Å². The minimum absolute atomic E-state index is 0.286. The van der Waals surface area contributed by atoms with Crippen LogP contribution in [0.2, 0.25) is 0 Å². The van der Waals surface area contributed by atoms with Crippen molar-refractivity contribution in [3.8, 4) is 5.75 Å². The van der Waals surface area contributed by atoms with E-state index in [4.69, 9.17) is 4.74 Å². The Morgan fingerprint density at radius 2 is 2.10 bits per heavy atom. The molecule has 1 saturated heterocycles. The topological polar surface area (TPSA) is 36.2 Å². The van der Waals surface area contributed by atoms with Gasteiger partial charge in [-0.1, -0.05) is 19.4 Å². The highest BCUT2D eigenvalue weighted by molar-refractivity contribution is 5.85.